The number of hydrogen-bond acceptors (Lipinski definition) is 4. The van der Waals surface area contributed by atoms with E-state index in [4.69, 9.17) is 0 Å². The van der Waals surface area contributed by atoms with Crippen molar-refractivity contribution in [3.63, 3.8) is 0 Å². The molecule has 0 aromatic rings. The molecular weight excluding hydrogens is 376 g/mol. The number of piperidine rings is 2. The standard InChI is InChI=1S/C24H46N4O2/c1-3-6-23(29)27-17-10-21(11-18-27)7-4-8-22-12-19-28(20-13-22)24(30)9-16-26-15-5-14-25-2/h21-22,25-26H,3-20H2,1-2H3. The summed E-state index contributed by atoms with van der Waals surface area (Å²) in [6.07, 6.45) is 12.0. The molecule has 0 unspecified atom stereocenters. The largest absolute Gasteiger partial charge is 0.343 e. The summed E-state index contributed by atoms with van der Waals surface area (Å²) in [5.74, 6) is 2.26. The summed E-state index contributed by atoms with van der Waals surface area (Å²) < 4.78 is 0. The van der Waals surface area contributed by atoms with Gasteiger partial charge in [-0.2, -0.15) is 0 Å². The summed E-state index contributed by atoms with van der Waals surface area (Å²) in [4.78, 5) is 28.5. The third-order valence-electron chi connectivity index (χ3n) is 6.92. The number of carbonyl (C=O) groups excluding carboxylic acids is 2. The summed E-state index contributed by atoms with van der Waals surface area (Å²) in [6, 6.07) is 0. The minimum atomic E-state index is 0.318. The van der Waals surface area contributed by atoms with Crippen LogP contribution in [-0.2, 0) is 9.59 Å². The maximum atomic E-state index is 12.4. The molecule has 2 aliphatic heterocycles. The van der Waals surface area contributed by atoms with Crippen LogP contribution in [0.1, 0.15) is 77.6 Å². The first-order valence-electron chi connectivity index (χ1n) is 12.5. The second-order valence-electron chi connectivity index (χ2n) is 9.29. The van der Waals surface area contributed by atoms with Crippen LogP contribution in [0, 0.1) is 11.8 Å². The molecule has 0 aromatic heterocycles. The van der Waals surface area contributed by atoms with Crippen molar-refractivity contribution in [2.24, 2.45) is 11.8 Å². The predicted molar refractivity (Wildman–Crippen MR) is 123 cm³/mol. The molecule has 2 fully saturated rings. The second-order valence-corrected chi connectivity index (χ2v) is 9.29. The van der Waals surface area contributed by atoms with Gasteiger partial charge in [0.1, 0.15) is 0 Å². The van der Waals surface area contributed by atoms with Gasteiger partial charge >= 0.3 is 0 Å². The molecule has 2 saturated heterocycles. The molecule has 0 spiro atoms. The maximum absolute atomic E-state index is 12.4. The highest BCUT2D eigenvalue weighted by molar-refractivity contribution is 5.76. The molecule has 0 saturated carbocycles. The van der Waals surface area contributed by atoms with Gasteiger partial charge in [0, 0.05) is 45.6 Å². The van der Waals surface area contributed by atoms with Crippen LogP contribution in [0.5, 0.6) is 0 Å². The Balaban J connectivity index is 1.49. The van der Waals surface area contributed by atoms with Gasteiger partial charge in [0.15, 0.2) is 0 Å². The van der Waals surface area contributed by atoms with Gasteiger partial charge in [0.2, 0.25) is 11.8 Å². The molecule has 0 bridgehead atoms. The van der Waals surface area contributed by atoms with E-state index in [0.29, 0.717) is 24.7 Å². The molecule has 174 valence electrons. The Hall–Kier alpha value is -1.14. The van der Waals surface area contributed by atoms with Crippen LogP contribution in [0.15, 0.2) is 0 Å². The summed E-state index contributed by atoms with van der Waals surface area (Å²) in [5.41, 5.74) is 0. The summed E-state index contributed by atoms with van der Waals surface area (Å²) >= 11 is 0. The van der Waals surface area contributed by atoms with E-state index in [-0.39, 0.29) is 0 Å². The third kappa shape index (κ3) is 9.34. The van der Waals surface area contributed by atoms with Crippen molar-refractivity contribution >= 4 is 11.8 Å². The van der Waals surface area contributed by atoms with Crippen molar-refractivity contribution in [2.45, 2.75) is 77.6 Å². The first kappa shape index (κ1) is 25.1. The number of likely N-dealkylation sites (tertiary alicyclic amines) is 2. The number of nitrogens with one attached hydrogen (secondary N) is 2. The van der Waals surface area contributed by atoms with Gasteiger partial charge in [-0.1, -0.05) is 26.2 Å². The smallest absolute Gasteiger partial charge is 0.223 e. The number of amides is 2. The van der Waals surface area contributed by atoms with Crippen LogP contribution in [0.25, 0.3) is 0 Å². The van der Waals surface area contributed by atoms with E-state index >= 15 is 0 Å². The average molecular weight is 423 g/mol. The zero-order valence-electron chi connectivity index (χ0n) is 19.6. The molecule has 0 aromatic carbocycles. The molecule has 2 aliphatic rings. The van der Waals surface area contributed by atoms with E-state index in [2.05, 4.69) is 27.4 Å². The highest BCUT2D eigenvalue weighted by Crippen LogP contribution is 2.27. The highest BCUT2D eigenvalue weighted by Gasteiger charge is 2.24. The van der Waals surface area contributed by atoms with Crippen molar-refractivity contribution in [1.82, 2.24) is 20.4 Å². The molecule has 2 rings (SSSR count). The molecule has 0 radical (unpaired) electrons. The molecule has 6 nitrogen and oxygen atoms in total. The summed E-state index contributed by atoms with van der Waals surface area (Å²) in [6.45, 7) is 8.70. The van der Waals surface area contributed by atoms with Crippen LogP contribution >= 0.6 is 0 Å². The molecule has 6 heteroatoms. The lowest BCUT2D eigenvalue weighted by atomic mass is 9.86. The average Bonchev–Trinajstić information content (AvgIpc) is 2.77. The van der Waals surface area contributed by atoms with Crippen molar-refractivity contribution in [3.05, 3.63) is 0 Å². The van der Waals surface area contributed by atoms with Crippen LogP contribution in [0.4, 0.5) is 0 Å². The fourth-order valence-corrected chi connectivity index (χ4v) is 4.88. The Bertz CT molecular complexity index is 484. The van der Waals surface area contributed by atoms with Crippen molar-refractivity contribution in [1.29, 1.82) is 0 Å². The summed E-state index contributed by atoms with van der Waals surface area (Å²) in [5, 5.41) is 6.50. The number of hydrogen-bond donors (Lipinski definition) is 2. The zero-order chi connectivity index (χ0) is 21.6. The Kier molecular flexibility index (Phi) is 12.4. The summed E-state index contributed by atoms with van der Waals surface area (Å²) in [7, 11) is 1.97. The van der Waals surface area contributed by atoms with Gasteiger partial charge in [0.05, 0.1) is 0 Å². The number of rotatable bonds is 13. The van der Waals surface area contributed by atoms with Crippen molar-refractivity contribution in [2.75, 3.05) is 52.9 Å². The van der Waals surface area contributed by atoms with Gasteiger partial charge in [-0.05, 0) is 70.5 Å². The van der Waals surface area contributed by atoms with Crippen LogP contribution in [0.2, 0.25) is 0 Å². The Morgan fingerprint density at radius 1 is 0.767 bits per heavy atom. The van der Waals surface area contributed by atoms with E-state index in [1.807, 2.05) is 7.05 Å². The van der Waals surface area contributed by atoms with Gasteiger partial charge < -0.3 is 20.4 Å². The van der Waals surface area contributed by atoms with Crippen molar-refractivity contribution < 1.29 is 9.59 Å². The lowest BCUT2D eigenvalue weighted by Gasteiger charge is -2.34. The van der Waals surface area contributed by atoms with Gasteiger partial charge in [-0.15, -0.1) is 0 Å². The maximum Gasteiger partial charge on any atom is 0.223 e. The van der Waals surface area contributed by atoms with E-state index < -0.39 is 0 Å². The SMILES string of the molecule is CCCC(=O)N1CCC(CCCC2CCN(C(=O)CCNCCCNC)CC2)CC1. The molecule has 30 heavy (non-hydrogen) atoms. The van der Waals surface area contributed by atoms with E-state index in [1.54, 1.807) is 0 Å². The highest BCUT2D eigenvalue weighted by atomic mass is 16.2. The Morgan fingerprint density at radius 2 is 1.30 bits per heavy atom. The lowest BCUT2D eigenvalue weighted by Crippen LogP contribution is -2.39. The quantitative estimate of drug-likeness (QED) is 0.448. The van der Waals surface area contributed by atoms with Gasteiger partial charge in [-0.25, -0.2) is 0 Å². The predicted octanol–water partition coefficient (Wildman–Crippen LogP) is 3.02. The van der Waals surface area contributed by atoms with Crippen LogP contribution in [-0.4, -0.2) is 74.5 Å². The third-order valence-corrected chi connectivity index (χ3v) is 6.92. The molecule has 2 N–H and O–H groups in total. The molecule has 0 aliphatic carbocycles. The number of carbonyl (C=O) groups is 2. The van der Waals surface area contributed by atoms with E-state index in [0.717, 1.165) is 70.5 Å². The lowest BCUT2D eigenvalue weighted by molar-refractivity contribution is -0.133. The normalized spacial score (nSPS) is 18.7. The molecular formula is C24H46N4O2. The molecule has 2 amide bonds. The minimum absolute atomic E-state index is 0.318. The fraction of sp³-hybridized carbons (Fsp3) is 0.917. The molecule has 2 heterocycles. The van der Waals surface area contributed by atoms with E-state index in [9.17, 15) is 9.59 Å². The first-order valence-corrected chi connectivity index (χ1v) is 12.5. The molecule has 0 atom stereocenters. The van der Waals surface area contributed by atoms with Crippen molar-refractivity contribution in [3.8, 4) is 0 Å². The second kappa shape index (κ2) is 14.8. The Morgan fingerprint density at radius 3 is 1.80 bits per heavy atom. The van der Waals surface area contributed by atoms with Gasteiger partial charge in [0.25, 0.3) is 0 Å². The number of nitrogens with zero attached hydrogens (tertiary/aromatic N) is 2. The zero-order valence-corrected chi connectivity index (χ0v) is 19.6. The topological polar surface area (TPSA) is 64.7 Å². The van der Waals surface area contributed by atoms with Gasteiger partial charge in [-0.3, -0.25) is 9.59 Å². The van der Waals surface area contributed by atoms with Crippen LogP contribution < -0.4 is 10.6 Å². The Labute approximate surface area is 184 Å². The van der Waals surface area contributed by atoms with Crippen LogP contribution in [0.3, 0.4) is 0 Å². The monoisotopic (exact) mass is 422 g/mol. The minimum Gasteiger partial charge on any atom is -0.343 e. The fourth-order valence-electron chi connectivity index (χ4n) is 4.88. The first-order chi connectivity index (χ1) is 14.6. The van der Waals surface area contributed by atoms with E-state index in [1.165, 1.54) is 44.9 Å².